The van der Waals surface area contributed by atoms with Crippen molar-refractivity contribution >= 4 is 17.9 Å². The number of methoxy groups -OCH3 is 1. The summed E-state index contributed by atoms with van der Waals surface area (Å²) in [5, 5.41) is 0. The molecule has 212 valence electrons. The van der Waals surface area contributed by atoms with Crippen molar-refractivity contribution < 1.29 is 42.8 Å². The third-order valence-electron chi connectivity index (χ3n) is 5.96. The summed E-state index contributed by atoms with van der Waals surface area (Å²) in [7, 11) is 1.53. The zero-order chi connectivity index (χ0) is 29.2. The van der Waals surface area contributed by atoms with Crippen molar-refractivity contribution in [3.63, 3.8) is 0 Å². The first-order chi connectivity index (χ1) is 19.9. The minimum atomic E-state index is -0.672. The second kappa shape index (κ2) is 13.8. The van der Waals surface area contributed by atoms with E-state index >= 15 is 0 Å². The molecular weight excluding hydrogens is 528 g/mol. The van der Waals surface area contributed by atoms with Crippen LogP contribution in [0.1, 0.15) is 47.4 Å². The molecule has 0 heterocycles. The van der Waals surface area contributed by atoms with Gasteiger partial charge >= 0.3 is 17.9 Å². The lowest BCUT2D eigenvalue weighted by molar-refractivity contribution is -0.130. The van der Waals surface area contributed by atoms with Gasteiger partial charge in [0, 0.05) is 18.1 Å². The van der Waals surface area contributed by atoms with E-state index in [1.54, 1.807) is 60.7 Å². The lowest BCUT2D eigenvalue weighted by atomic mass is 10.0. The topological polar surface area (TPSA) is 107 Å². The van der Waals surface area contributed by atoms with Crippen molar-refractivity contribution in [2.24, 2.45) is 0 Å². The predicted octanol–water partition coefficient (Wildman–Crippen LogP) is 6.08. The van der Waals surface area contributed by atoms with Crippen LogP contribution in [0.3, 0.4) is 0 Å². The van der Waals surface area contributed by atoms with Gasteiger partial charge in [0.2, 0.25) is 0 Å². The standard InChI is InChI=1S/C32H30O9/c1-4-37-25-14-8-22(9-15-25)31(34)40-28-19-18-27(39-30(33)21-6-12-24(36-3)13-7-21)20-29(28)41-32(35)23-10-16-26(17-11-23)38-5-2/h6-10,12-16,18-20H,4-5,11,17H2,1-3H3. The molecule has 9 heteroatoms. The third kappa shape index (κ3) is 7.76. The van der Waals surface area contributed by atoms with Crippen LogP contribution in [0.4, 0.5) is 0 Å². The molecule has 0 amide bonds. The Balaban J connectivity index is 1.57. The van der Waals surface area contributed by atoms with E-state index in [1.807, 2.05) is 13.8 Å². The van der Waals surface area contributed by atoms with Gasteiger partial charge in [-0.2, -0.15) is 0 Å². The van der Waals surface area contributed by atoms with Gasteiger partial charge in [0.05, 0.1) is 37.2 Å². The van der Waals surface area contributed by atoms with E-state index in [4.69, 9.17) is 28.4 Å². The molecular formula is C32H30O9. The molecule has 9 nitrogen and oxygen atoms in total. The minimum absolute atomic E-state index is 0.0246. The Morgan fingerprint density at radius 3 is 1.78 bits per heavy atom. The van der Waals surface area contributed by atoms with Gasteiger partial charge in [-0.1, -0.05) is 0 Å². The number of allylic oxidation sites excluding steroid dienone is 3. The summed E-state index contributed by atoms with van der Waals surface area (Å²) in [5.41, 5.74) is 0.974. The van der Waals surface area contributed by atoms with Crippen molar-refractivity contribution in [1.29, 1.82) is 0 Å². The van der Waals surface area contributed by atoms with E-state index in [1.165, 1.54) is 25.3 Å². The summed E-state index contributed by atoms with van der Waals surface area (Å²) < 4.78 is 32.7. The van der Waals surface area contributed by atoms with Crippen LogP contribution in [0.2, 0.25) is 0 Å². The van der Waals surface area contributed by atoms with Gasteiger partial charge in [-0.25, -0.2) is 14.4 Å². The monoisotopic (exact) mass is 558 g/mol. The van der Waals surface area contributed by atoms with Crippen LogP contribution in [0.25, 0.3) is 0 Å². The Labute approximate surface area is 237 Å². The van der Waals surface area contributed by atoms with Gasteiger partial charge in [-0.3, -0.25) is 0 Å². The van der Waals surface area contributed by atoms with Gasteiger partial charge in [0.1, 0.15) is 17.2 Å². The first kappa shape index (κ1) is 28.9. The summed E-state index contributed by atoms with van der Waals surface area (Å²) in [6.07, 6.45) is 4.32. The van der Waals surface area contributed by atoms with E-state index in [9.17, 15) is 14.4 Å². The SMILES string of the molecule is CCOC1=CC=C(C(=O)Oc2cc(OC(=O)c3ccc(OC)cc3)ccc2OC(=O)c2ccc(OCC)cc2)CC1. The quantitative estimate of drug-likeness (QED) is 0.204. The maximum Gasteiger partial charge on any atom is 0.343 e. The molecule has 41 heavy (non-hydrogen) atoms. The Morgan fingerprint density at radius 2 is 1.20 bits per heavy atom. The maximum atomic E-state index is 13.0. The van der Waals surface area contributed by atoms with Crippen molar-refractivity contribution in [2.75, 3.05) is 20.3 Å². The Morgan fingerprint density at radius 1 is 0.610 bits per heavy atom. The zero-order valence-corrected chi connectivity index (χ0v) is 23.0. The first-order valence-corrected chi connectivity index (χ1v) is 13.1. The van der Waals surface area contributed by atoms with Gasteiger partial charge in [-0.05, 0) is 93.1 Å². The van der Waals surface area contributed by atoms with Crippen molar-refractivity contribution in [2.45, 2.75) is 26.7 Å². The Bertz CT molecular complexity index is 1450. The zero-order valence-electron chi connectivity index (χ0n) is 23.0. The minimum Gasteiger partial charge on any atom is -0.498 e. The molecule has 3 aromatic carbocycles. The third-order valence-corrected chi connectivity index (χ3v) is 5.96. The number of hydrogen-bond donors (Lipinski definition) is 0. The second-order valence-electron chi connectivity index (χ2n) is 8.72. The van der Waals surface area contributed by atoms with E-state index in [0.29, 0.717) is 48.7 Å². The van der Waals surface area contributed by atoms with Crippen LogP contribution in [0, 0.1) is 0 Å². The summed E-state index contributed by atoms with van der Waals surface area (Å²) in [6.45, 7) is 4.77. The highest BCUT2D eigenvalue weighted by molar-refractivity contribution is 5.94. The highest BCUT2D eigenvalue weighted by Gasteiger charge is 2.21. The molecule has 0 saturated carbocycles. The number of benzene rings is 3. The average molecular weight is 559 g/mol. The molecule has 0 spiro atoms. The van der Waals surface area contributed by atoms with Crippen LogP contribution in [-0.4, -0.2) is 38.2 Å². The summed E-state index contributed by atoms with van der Waals surface area (Å²) in [5.74, 6) is 0.0277. The fourth-order valence-electron chi connectivity index (χ4n) is 3.88. The number of hydrogen-bond acceptors (Lipinski definition) is 9. The number of rotatable bonds is 11. The molecule has 1 aliphatic rings. The van der Waals surface area contributed by atoms with E-state index in [0.717, 1.165) is 5.76 Å². The van der Waals surface area contributed by atoms with Gasteiger partial charge in [-0.15, -0.1) is 0 Å². The van der Waals surface area contributed by atoms with Crippen molar-refractivity contribution in [1.82, 2.24) is 0 Å². The molecule has 1 aliphatic carbocycles. The molecule has 0 unspecified atom stereocenters. The Kier molecular flexibility index (Phi) is 9.77. The van der Waals surface area contributed by atoms with Crippen LogP contribution in [-0.2, 0) is 9.53 Å². The second-order valence-corrected chi connectivity index (χ2v) is 8.72. The predicted molar refractivity (Wildman–Crippen MR) is 150 cm³/mol. The summed E-state index contributed by atoms with van der Waals surface area (Å²) in [6, 6.07) is 17.0. The molecule has 4 rings (SSSR count). The van der Waals surface area contributed by atoms with E-state index < -0.39 is 17.9 Å². The highest BCUT2D eigenvalue weighted by atomic mass is 16.6. The largest absolute Gasteiger partial charge is 0.498 e. The van der Waals surface area contributed by atoms with Crippen LogP contribution >= 0.6 is 0 Å². The van der Waals surface area contributed by atoms with Crippen LogP contribution in [0.5, 0.6) is 28.7 Å². The molecule has 0 atom stereocenters. The Hall–Kier alpha value is -5.05. The average Bonchev–Trinajstić information content (AvgIpc) is 2.99. The summed E-state index contributed by atoms with van der Waals surface area (Å²) in [4.78, 5) is 38.6. The van der Waals surface area contributed by atoms with Gasteiger partial charge in [0.15, 0.2) is 11.5 Å². The van der Waals surface area contributed by atoms with Crippen LogP contribution < -0.4 is 23.7 Å². The normalized spacial score (nSPS) is 12.4. The highest BCUT2D eigenvalue weighted by Crippen LogP contribution is 2.34. The number of carbonyl (C=O) groups is 3. The van der Waals surface area contributed by atoms with E-state index in [2.05, 4.69) is 0 Å². The molecule has 0 saturated heterocycles. The van der Waals surface area contributed by atoms with Gasteiger partial charge in [0.25, 0.3) is 0 Å². The molecule has 0 N–H and O–H groups in total. The van der Waals surface area contributed by atoms with E-state index in [-0.39, 0.29) is 22.8 Å². The lowest BCUT2D eigenvalue weighted by Crippen LogP contribution is -2.16. The molecule has 0 radical (unpaired) electrons. The smallest absolute Gasteiger partial charge is 0.343 e. The molecule has 0 aliphatic heterocycles. The van der Waals surface area contributed by atoms with Crippen molar-refractivity contribution in [3.05, 3.63) is 101 Å². The lowest BCUT2D eigenvalue weighted by Gasteiger charge is -2.16. The first-order valence-electron chi connectivity index (χ1n) is 13.1. The van der Waals surface area contributed by atoms with Crippen LogP contribution in [0.15, 0.2) is 90.2 Å². The summed E-state index contributed by atoms with van der Waals surface area (Å²) >= 11 is 0. The fraction of sp³-hybridized carbons (Fsp3) is 0.219. The molecule has 3 aromatic rings. The van der Waals surface area contributed by atoms with Crippen molar-refractivity contribution in [3.8, 4) is 28.7 Å². The maximum absolute atomic E-state index is 13.0. The molecule has 0 fully saturated rings. The number of carbonyl (C=O) groups excluding carboxylic acids is 3. The molecule has 0 bridgehead atoms. The molecule has 0 aromatic heterocycles. The van der Waals surface area contributed by atoms with Gasteiger partial charge < -0.3 is 28.4 Å². The fourth-order valence-corrected chi connectivity index (χ4v) is 3.88. The number of ether oxygens (including phenoxy) is 6. The number of esters is 3.